The molecule has 3 rings (SSSR count). The van der Waals surface area contributed by atoms with Gasteiger partial charge in [-0.1, -0.05) is 17.7 Å². The van der Waals surface area contributed by atoms with E-state index in [4.69, 9.17) is 0 Å². The first-order valence-corrected chi connectivity index (χ1v) is 8.73. The normalized spacial score (nSPS) is 28.3. The minimum absolute atomic E-state index is 0.0890. The van der Waals surface area contributed by atoms with Gasteiger partial charge in [0.1, 0.15) is 0 Å². The number of hydrogen-bond acceptors (Lipinski definition) is 4. The molecule has 0 unspecified atom stereocenters. The molecule has 1 aliphatic carbocycles. The maximum atomic E-state index is 12.6. The molecule has 3 N–H and O–H groups in total. The van der Waals surface area contributed by atoms with Crippen LogP contribution in [0.15, 0.2) is 29.2 Å². The molecule has 0 aromatic heterocycles. The van der Waals surface area contributed by atoms with Gasteiger partial charge in [-0.15, -0.1) is 0 Å². The summed E-state index contributed by atoms with van der Waals surface area (Å²) in [6.45, 7) is 2.41. The number of fused-ring (bicyclic) bond motifs is 1. The maximum Gasteiger partial charge on any atom is 0.243 e. The molecule has 118 valence electrons. The Morgan fingerprint density at radius 3 is 2.38 bits per heavy atom. The van der Waals surface area contributed by atoms with Crippen LogP contribution in [0.2, 0.25) is 0 Å². The zero-order valence-electron chi connectivity index (χ0n) is 12.6. The number of rotatable bonds is 3. The molecule has 2 aliphatic rings. The van der Waals surface area contributed by atoms with Crippen LogP contribution in [0.5, 0.6) is 0 Å². The van der Waals surface area contributed by atoms with E-state index in [0.29, 0.717) is 23.3 Å². The molecule has 21 heavy (non-hydrogen) atoms. The highest BCUT2D eigenvalue weighted by molar-refractivity contribution is 7.89. The average Bonchev–Trinajstić information content (AvgIpc) is 3.26. The zero-order valence-corrected chi connectivity index (χ0v) is 13.4. The number of aliphatic hydroxyl groups excluding tert-OH is 1. The largest absolute Gasteiger partial charge is 0.395 e. The molecule has 0 amide bonds. The number of aliphatic hydroxyl groups is 1. The second kappa shape index (κ2) is 6.44. The molecule has 0 spiro atoms. The van der Waals surface area contributed by atoms with Gasteiger partial charge < -0.3 is 10.8 Å². The molecule has 0 bridgehead atoms. The van der Waals surface area contributed by atoms with E-state index >= 15 is 0 Å². The summed E-state index contributed by atoms with van der Waals surface area (Å²) in [5.74, 6) is 1.13. The first kappa shape index (κ1) is 16.4. The van der Waals surface area contributed by atoms with Gasteiger partial charge in [0.2, 0.25) is 10.0 Å². The van der Waals surface area contributed by atoms with Crippen LogP contribution in [0.3, 0.4) is 0 Å². The molecule has 3 atom stereocenters. The third-order valence-electron chi connectivity index (χ3n) is 4.30. The van der Waals surface area contributed by atoms with Crippen LogP contribution < -0.4 is 5.73 Å². The second-order valence-electron chi connectivity index (χ2n) is 5.72. The van der Waals surface area contributed by atoms with Gasteiger partial charge in [0, 0.05) is 12.6 Å². The molecule has 0 radical (unpaired) electrons. The van der Waals surface area contributed by atoms with E-state index in [9.17, 15) is 13.5 Å². The van der Waals surface area contributed by atoms with Gasteiger partial charge in [0.25, 0.3) is 0 Å². The van der Waals surface area contributed by atoms with E-state index in [1.807, 2.05) is 19.1 Å². The first-order valence-electron chi connectivity index (χ1n) is 7.29. The Labute approximate surface area is 126 Å². The minimum Gasteiger partial charge on any atom is -0.395 e. The number of benzene rings is 1. The van der Waals surface area contributed by atoms with Gasteiger partial charge >= 0.3 is 0 Å². The van der Waals surface area contributed by atoms with Crippen molar-refractivity contribution in [2.75, 3.05) is 20.2 Å². The number of hydrogen-bond donors (Lipinski definition) is 2. The lowest BCUT2D eigenvalue weighted by molar-refractivity contribution is 0.150. The van der Waals surface area contributed by atoms with E-state index in [-0.39, 0.29) is 12.6 Å². The lowest BCUT2D eigenvalue weighted by Gasteiger charge is -2.33. The van der Waals surface area contributed by atoms with Crippen LogP contribution >= 0.6 is 0 Å². The van der Waals surface area contributed by atoms with Gasteiger partial charge in [-0.05, 0) is 50.8 Å². The Hall–Kier alpha value is -0.950. The SMILES string of the molecule is CN.Cc1ccc(S(=O)(=O)N2C[C@@H]3C[C@@H]3C[C@H]2CO)cc1. The summed E-state index contributed by atoms with van der Waals surface area (Å²) >= 11 is 0. The van der Waals surface area contributed by atoms with Crippen molar-refractivity contribution < 1.29 is 13.5 Å². The summed E-state index contributed by atoms with van der Waals surface area (Å²) in [5.41, 5.74) is 5.54. The summed E-state index contributed by atoms with van der Waals surface area (Å²) in [6, 6.07) is 6.67. The maximum absolute atomic E-state index is 12.6. The molecule has 1 saturated carbocycles. The highest BCUT2D eigenvalue weighted by Crippen LogP contribution is 2.48. The molecule has 1 saturated heterocycles. The van der Waals surface area contributed by atoms with Crippen molar-refractivity contribution in [2.45, 2.75) is 30.7 Å². The molecule has 2 fully saturated rings. The Morgan fingerprint density at radius 1 is 1.19 bits per heavy atom. The van der Waals surface area contributed by atoms with Crippen molar-refractivity contribution in [2.24, 2.45) is 17.6 Å². The number of piperidine rings is 1. The lowest BCUT2D eigenvalue weighted by Crippen LogP contribution is -2.46. The zero-order chi connectivity index (χ0) is 15.6. The van der Waals surface area contributed by atoms with Crippen molar-refractivity contribution in [3.63, 3.8) is 0 Å². The van der Waals surface area contributed by atoms with E-state index in [1.165, 1.54) is 11.4 Å². The van der Waals surface area contributed by atoms with E-state index < -0.39 is 10.0 Å². The standard InChI is InChI=1S/C14H19NO3S.CH5N/c1-10-2-4-14(5-3-10)19(17,18)15-8-12-6-11(12)7-13(15)9-16;1-2/h2-5,11-13,16H,6-9H2,1H3;2H2,1H3/t11-,12+,13+;/m1./s1. The fraction of sp³-hybridized carbons (Fsp3) is 0.600. The van der Waals surface area contributed by atoms with Crippen LogP contribution in [0.1, 0.15) is 18.4 Å². The summed E-state index contributed by atoms with van der Waals surface area (Å²) in [6.07, 6.45) is 1.91. The Balaban J connectivity index is 0.000000774. The fourth-order valence-corrected chi connectivity index (χ4v) is 4.66. The summed E-state index contributed by atoms with van der Waals surface area (Å²) in [4.78, 5) is 0.329. The van der Waals surface area contributed by atoms with Gasteiger partial charge in [-0.3, -0.25) is 0 Å². The minimum atomic E-state index is -3.47. The van der Waals surface area contributed by atoms with E-state index in [0.717, 1.165) is 18.4 Å². The quantitative estimate of drug-likeness (QED) is 0.871. The molecule has 1 aromatic rings. The van der Waals surface area contributed by atoms with Crippen molar-refractivity contribution in [3.8, 4) is 0 Å². The Bertz CT molecular complexity index is 571. The van der Waals surface area contributed by atoms with E-state index in [1.54, 1.807) is 12.1 Å². The second-order valence-corrected chi connectivity index (χ2v) is 7.61. The smallest absolute Gasteiger partial charge is 0.243 e. The number of sulfonamides is 1. The third-order valence-corrected chi connectivity index (χ3v) is 6.24. The Kier molecular flexibility index (Phi) is 5.03. The Morgan fingerprint density at radius 2 is 1.81 bits per heavy atom. The molecule has 1 heterocycles. The lowest BCUT2D eigenvalue weighted by atomic mass is 10.1. The highest BCUT2D eigenvalue weighted by atomic mass is 32.2. The highest BCUT2D eigenvalue weighted by Gasteiger charge is 2.49. The molecular formula is C15H24N2O3S. The number of nitrogens with zero attached hydrogens (tertiary/aromatic N) is 1. The molecule has 1 aromatic carbocycles. The third kappa shape index (κ3) is 3.29. The van der Waals surface area contributed by atoms with Crippen molar-refractivity contribution >= 4 is 10.0 Å². The predicted molar refractivity (Wildman–Crippen MR) is 82.3 cm³/mol. The van der Waals surface area contributed by atoms with Crippen LogP contribution in [0.4, 0.5) is 0 Å². The predicted octanol–water partition coefficient (Wildman–Crippen LogP) is 0.961. The van der Waals surface area contributed by atoms with Crippen LogP contribution in [0.25, 0.3) is 0 Å². The van der Waals surface area contributed by atoms with Crippen molar-refractivity contribution in [1.29, 1.82) is 0 Å². The first-order chi connectivity index (χ1) is 10.0. The van der Waals surface area contributed by atoms with E-state index in [2.05, 4.69) is 5.73 Å². The van der Waals surface area contributed by atoms with Crippen LogP contribution in [0, 0.1) is 18.8 Å². The summed E-state index contributed by atoms with van der Waals surface area (Å²) in [7, 11) is -1.97. The fourth-order valence-electron chi connectivity index (χ4n) is 2.98. The number of nitrogens with two attached hydrogens (primary N) is 1. The molecular weight excluding hydrogens is 288 g/mol. The summed E-state index contributed by atoms with van der Waals surface area (Å²) in [5, 5.41) is 9.45. The van der Waals surface area contributed by atoms with Crippen molar-refractivity contribution in [3.05, 3.63) is 29.8 Å². The molecule has 6 heteroatoms. The average molecular weight is 312 g/mol. The van der Waals surface area contributed by atoms with Gasteiger partial charge in [0.15, 0.2) is 0 Å². The molecule has 5 nitrogen and oxygen atoms in total. The van der Waals surface area contributed by atoms with Crippen LogP contribution in [-0.2, 0) is 10.0 Å². The monoisotopic (exact) mass is 312 g/mol. The topological polar surface area (TPSA) is 83.6 Å². The number of aryl methyl sites for hydroxylation is 1. The van der Waals surface area contributed by atoms with Gasteiger partial charge in [-0.25, -0.2) is 8.42 Å². The van der Waals surface area contributed by atoms with Gasteiger partial charge in [0.05, 0.1) is 11.5 Å². The molecule has 1 aliphatic heterocycles. The van der Waals surface area contributed by atoms with Crippen molar-refractivity contribution in [1.82, 2.24) is 4.31 Å². The summed E-state index contributed by atoms with van der Waals surface area (Å²) < 4.78 is 26.8. The van der Waals surface area contributed by atoms with Crippen LogP contribution in [-0.4, -0.2) is 44.1 Å². The van der Waals surface area contributed by atoms with Gasteiger partial charge in [-0.2, -0.15) is 4.31 Å².